The van der Waals surface area contributed by atoms with Crippen molar-refractivity contribution in [3.05, 3.63) is 41.7 Å². The highest BCUT2D eigenvalue weighted by Gasteiger charge is 2.52. The van der Waals surface area contributed by atoms with E-state index in [0.717, 1.165) is 0 Å². The maximum atomic E-state index is 11.6. The van der Waals surface area contributed by atoms with Crippen LogP contribution in [0.5, 0.6) is 11.5 Å². The number of hydrogen-bond donors (Lipinski definition) is 4. The predicted octanol–water partition coefficient (Wildman–Crippen LogP) is 0.145. The Morgan fingerprint density at radius 1 is 1.11 bits per heavy atom. The average molecular weight is 400 g/mol. The molecule has 2 aromatic rings. The topological polar surface area (TPSA) is 151 Å². The highest BCUT2D eigenvalue weighted by Crippen LogP contribution is 2.31. The van der Waals surface area contributed by atoms with E-state index in [2.05, 4.69) is 10.2 Å². The second-order valence-corrected chi connectivity index (χ2v) is 7.64. The summed E-state index contributed by atoms with van der Waals surface area (Å²) in [4.78, 5) is 0. The summed E-state index contributed by atoms with van der Waals surface area (Å²) in [5.41, 5.74) is -1.10. The van der Waals surface area contributed by atoms with Crippen LogP contribution in [0.2, 0.25) is 0 Å². The van der Waals surface area contributed by atoms with E-state index >= 15 is 0 Å². The third kappa shape index (κ3) is 4.06. The lowest BCUT2D eigenvalue weighted by Crippen LogP contribution is -2.63. The Balaban J connectivity index is 1.92. The normalized spacial score (nSPS) is 28.7. The number of nitrogens with zero attached hydrogens (tertiary/aromatic N) is 1. The minimum atomic E-state index is -4.82. The van der Waals surface area contributed by atoms with Crippen molar-refractivity contribution in [3.8, 4) is 11.5 Å². The fourth-order valence-electron chi connectivity index (χ4n) is 2.77. The summed E-state index contributed by atoms with van der Waals surface area (Å²) in [6, 6.07) is 8.23. The molecule has 4 N–H and O–H groups in total. The molecule has 0 amide bonds. The van der Waals surface area contributed by atoms with Gasteiger partial charge in [0.1, 0.15) is 17.5 Å². The molecule has 1 aliphatic rings. The first-order chi connectivity index (χ1) is 12.7. The molecule has 11 heteroatoms. The molecule has 5 atom stereocenters. The van der Waals surface area contributed by atoms with Crippen LogP contribution in [0.15, 0.2) is 30.3 Å². The van der Waals surface area contributed by atoms with Gasteiger partial charge in [-0.25, -0.2) is 0 Å². The summed E-state index contributed by atoms with van der Waals surface area (Å²) in [6.07, 6.45) is -6.42. The summed E-state index contributed by atoms with van der Waals surface area (Å²) in [7, 11) is -4.82. The summed E-state index contributed by atoms with van der Waals surface area (Å²) in [5, 5.41) is 27.6. The summed E-state index contributed by atoms with van der Waals surface area (Å²) < 4.78 is 49.0. The van der Waals surface area contributed by atoms with Crippen molar-refractivity contribution in [2.45, 2.75) is 43.9 Å². The van der Waals surface area contributed by atoms with Crippen LogP contribution < -0.4 is 9.47 Å². The van der Waals surface area contributed by atoms with Crippen LogP contribution in [-0.4, -0.2) is 63.4 Å². The molecule has 0 bridgehead atoms. The Morgan fingerprint density at radius 3 is 2.33 bits per heavy atom. The molecule has 148 valence electrons. The van der Waals surface area contributed by atoms with Crippen LogP contribution in [0.4, 0.5) is 0 Å². The van der Waals surface area contributed by atoms with Crippen LogP contribution in [0.3, 0.4) is 0 Å². The van der Waals surface area contributed by atoms with Crippen LogP contribution in [0.25, 0.3) is 0 Å². The molecule has 0 saturated carbocycles. The van der Waals surface area contributed by atoms with E-state index in [-0.39, 0.29) is 5.75 Å². The Kier molecular flexibility index (Phi) is 5.40. The Bertz CT molecular complexity index is 866. The number of aromatic nitrogens is 2. The number of aliphatic hydroxyl groups excluding tert-OH is 2. The van der Waals surface area contributed by atoms with Crippen molar-refractivity contribution in [1.29, 1.82) is 0 Å². The first kappa shape index (κ1) is 19.6. The number of benzene rings is 1. The zero-order chi connectivity index (χ0) is 19.8. The van der Waals surface area contributed by atoms with Crippen LogP contribution in [-0.2, 0) is 14.9 Å². The second-order valence-electron chi connectivity index (χ2n) is 6.15. The van der Waals surface area contributed by atoms with Gasteiger partial charge in [0.15, 0.2) is 18.0 Å². The molecule has 1 aliphatic heterocycles. The molecule has 3 rings (SSSR count). The van der Waals surface area contributed by atoms with Crippen LogP contribution in [0, 0.1) is 13.8 Å². The van der Waals surface area contributed by atoms with E-state index in [0.29, 0.717) is 17.1 Å². The largest absolute Gasteiger partial charge is 0.481 e. The lowest BCUT2D eigenvalue weighted by Gasteiger charge is -2.40. The van der Waals surface area contributed by atoms with E-state index in [4.69, 9.17) is 14.2 Å². The molecule has 0 aliphatic carbocycles. The molecule has 1 aromatic carbocycles. The van der Waals surface area contributed by atoms with Gasteiger partial charge in [-0.15, -0.1) is 0 Å². The first-order valence-corrected chi connectivity index (χ1v) is 9.56. The monoisotopic (exact) mass is 400 g/mol. The van der Waals surface area contributed by atoms with Gasteiger partial charge in [0.25, 0.3) is 10.1 Å². The quantitative estimate of drug-likeness (QED) is 0.514. The molecule has 1 aromatic heterocycles. The lowest BCUT2D eigenvalue weighted by atomic mass is 10.0. The Labute approximate surface area is 155 Å². The van der Waals surface area contributed by atoms with Crippen molar-refractivity contribution < 1.29 is 37.4 Å². The summed E-state index contributed by atoms with van der Waals surface area (Å²) >= 11 is 0. The maximum Gasteiger partial charge on any atom is 0.295 e. The number of hydrogen-bond acceptors (Lipinski definition) is 8. The van der Waals surface area contributed by atoms with Crippen molar-refractivity contribution in [3.63, 3.8) is 0 Å². The van der Waals surface area contributed by atoms with Gasteiger partial charge in [0, 0.05) is 0 Å². The van der Waals surface area contributed by atoms with Crippen molar-refractivity contribution in [2.24, 2.45) is 0 Å². The molecule has 2 heterocycles. The second kappa shape index (κ2) is 7.44. The van der Waals surface area contributed by atoms with Crippen LogP contribution >= 0.6 is 0 Å². The first-order valence-electron chi connectivity index (χ1n) is 8.06. The fraction of sp³-hybridized carbons (Fsp3) is 0.438. The van der Waals surface area contributed by atoms with Gasteiger partial charge >= 0.3 is 0 Å². The van der Waals surface area contributed by atoms with E-state index in [1.54, 1.807) is 44.2 Å². The van der Waals surface area contributed by atoms with Gasteiger partial charge in [-0.3, -0.25) is 9.65 Å². The van der Waals surface area contributed by atoms with Gasteiger partial charge in [0.2, 0.25) is 11.7 Å². The smallest absolute Gasteiger partial charge is 0.295 e. The average Bonchev–Trinajstić information content (AvgIpc) is 2.92. The number of aryl methyl sites for hydroxylation is 2. The van der Waals surface area contributed by atoms with Gasteiger partial charge < -0.3 is 24.4 Å². The molecule has 0 spiro atoms. The number of aromatic amines is 1. The Morgan fingerprint density at radius 2 is 1.78 bits per heavy atom. The standard InChI is InChI=1S/C16H20N2O8S/c1-8-13(9(2)18-17-8)25-14-11(19)15(24-10-6-4-3-5-7-10)26-16(12(14)20)27(21,22)23/h3-7,11-12,14-16,19-20H,1-2H3,(H,17,18)(H,21,22,23)/t11-,12+,14-,15-,16?/m1/s1. The zero-order valence-electron chi connectivity index (χ0n) is 14.5. The van der Waals surface area contributed by atoms with Crippen molar-refractivity contribution >= 4 is 10.1 Å². The molecule has 1 fully saturated rings. The molecule has 1 unspecified atom stereocenters. The van der Waals surface area contributed by atoms with Crippen molar-refractivity contribution in [2.75, 3.05) is 0 Å². The maximum absolute atomic E-state index is 11.6. The molecule has 27 heavy (non-hydrogen) atoms. The van der Waals surface area contributed by atoms with Gasteiger partial charge in [-0.1, -0.05) is 18.2 Å². The van der Waals surface area contributed by atoms with E-state index in [9.17, 15) is 23.2 Å². The van der Waals surface area contributed by atoms with Crippen LogP contribution in [0.1, 0.15) is 11.4 Å². The highest BCUT2D eigenvalue weighted by molar-refractivity contribution is 7.86. The third-order valence-electron chi connectivity index (χ3n) is 4.10. The molecule has 10 nitrogen and oxygen atoms in total. The zero-order valence-corrected chi connectivity index (χ0v) is 15.3. The number of nitrogens with one attached hydrogen (secondary N) is 1. The summed E-state index contributed by atoms with van der Waals surface area (Å²) in [6.45, 7) is 3.29. The summed E-state index contributed by atoms with van der Waals surface area (Å²) in [5.74, 6) is 0.536. The molecular weight excluding hydrogens is 380 g/mol. The third-order valence-corrected chi connectivity index (χ3v) is 5.08. The number of ether oxygens (including phenoxy) is 3. The predicted molar refractivity (Wildman–Crippen MR) is 91.8 cm³/mol. The number of aliphatic hydroxyl groups is 2. The number of para-hydroxylation sites is 1. The SMILES string of the molecule is Cc1n[nH]c(C)c1O[C@@H]1[C@@H](O)[C@H](Oc2ccccc2)OC(S(=O)(=O)O)[C@H]1O. The number of rotatable bonds is 5. The van der Waals surface area contributed by atoms with E-state index in [1.165, 1.54) is 0 Å². The van der Waals surface area contributed by atoms with E-state index in [1.807, 2.05) is 0 Å². The minimum absolute atomic E-state index is 0.243. The van der Waals surface area contributed by atoms with E-state index < -0.39 is 40.2 Å². The highest BCUT2D eigenvalue weighted by atomic mass is 32.2. The Hall–Kier alpha value is -2.18. The lowest BCUT2D eigenvalue weighted by molar-refractivity contribution is -0.249. The van der Waals surface area contributed by atoms with Gasteiger partial charge in [-0.2, -0.15) is 13.5 Å². The molecular formula is C16H20N2O8S. The minimum Gasteiger partial charge on any atom is -0.481 e. The molecule has 1 saturated heterocycles. The fourth-order valence-corrected chi connectivity index (χ4v) is 3.53. The van der Waals surface area contributed by atoms with Gasteiger partial charge in [-0.05, 0) is 26.0 Å². The van der Waals surface area contributed by atoms with Gasteiger partial charge in [0.05, 0.1) is 5.69 Å². The van der Waals surface area contributed by atoms with Crippen molar-refractivity contribution in [1.82, 2.24) is 10.2 Å². The number of H-pyrrole nitrogens is 1. The molecule has 0 radical (unpaired) electrons.